The van der Waals surface area contributed by atoms with Gasteiger partial charge in [0.25, 0.3) is 0 Å². The summed E-state index contributed by atoms with van der Waals surface area (Å²) in [5.41, 5.74) is 1.92. The molecule has 1 aromatic rings. The molecule has 1 spiro atoms. The molecular formula is C28H38O4. The zero-order chi connectivity index (χ0) is 21.9. The Bertz CT molecular complexity index is 854. The smallest absolute Gasteiger partial charge is 0.302 e. The lowest BCUT2D eigenvalue weighted by Gasteiger charge is -2.59. The zero-order valence-corrected chi connectivity index (χ0v) is 19.6. The molecule has 5 aliphatic rings. The van der Waals surface area contributed by atoms with E-state index in [0.717, 1.165) is 43.8 Å². The van der Waals surface area contributed by atoms with Crippen LogP contribution >= 0.6 is 0 Å². The van der Waals surface area contributed by atoms with Crippen molar-refractivity contribution < 1.29 is 19.0 Å². The topological polar surface area (TPSA) is 44.8 Å². The molecule has 0 aromatic heterocycles. The third-order valence-electron chi connectivity index (χ3n) is 10.4. The van der Waals surface area contributed by atoms with E-state index in [9.17, 15) is 4.79 Å². The molecule has 1 saturated heterocycles. The van der Waals surface area contributed by atoms with E-state index in [4.69, 9.17) is 14.2 Å². The van der Waals surface area contributed by atoms with Crippen LogP contribution in [0.25, 0.3) is 0 Å². The molecule has 0 N–H and O–H groups in total. The van der Waals surface area contributed by atoms with Crippen molar-refractivity contribution in [2.45, 2.75) is 90.1 Å². The van der Waals surface area contributed by atoms with Crippen LogP contribution in [0.15, 0.2) is 30.3 Å². The standard InChI is InChI=1S/C28H38O4/c1-18(29)32-24-14-20-8-9-21-22-10-11-26(30-16-19-6-4-3-5-7-19)27(22,2)13-12-23(21)28(20)15-25(24)31-17-28/h3-7,20-26H,8-17H2,1-2H3/t20-,21-,22-,23-,24+,25-,26-,27-,28+/m0/s1. The highest BCUT2D eigenvalue weighted by Gasteiger charge is 2.65. The van der Waals surface area contributed by atoms with Gasteiger partial charge < -0.3 is 14.2 Å². The number of benzene rings is 1. The highest BCUT2D eigenvalue weighted by atomic mass is 16.6. The minimum absolute atomic E-state index is 0.0271. The first kappa shape index (κ1) is 21.2. The van der Waals surface area contributed by atoms with Gasteiger partial charge in [-0.25, -0.2) is 0 Å². The van der Waals surface area contributed by atoms with Gasteiger partial charge in [-0.05, 0) is 86.0 Å². The van der Waals surface area contributed by atoms with Crippen molar-refractivity contribution in [3.05, 3.63) is 35.9 Å². The normalized spacial score (nSPS) is 46.8. The van der Waals surface area contributed by atoms with E-state index in [0.29, 0.717) is 22.9 Å². The quantitative estimate of drug-likeness (QED) is 0.580. The number of esters is 1. The molecule has 4 nitrogen and oxygen atoms in total. The highest BCUT2D eigenvalue weighted by molar-refractivity contribution is 5.66. The maximum Gasteiger partial charge on any atom is 0.302 e. The average molecular weight is 439 g/mol. The molecule has 4 saturated carbocycles. The second-order valence-electron chi connectivity index (χ2n) is 11.7. The van der Waals surface area contributed by atoms with E-state index in [-0.39, 0.29) is 18.2 Å². The molecule has 5 fully saturated rings. The Morgan fingerprint density at radius 1 is 1.09 bits per heavy atom. The van der Waals surface area contributed by atoms with Crippen LogP contribution in [-0.2, 0) is 25.6 Å². The van der Waals surface area contributed by atoms with E-state index in [2.05, 4.69) is 37.3 Å². The molecule has 2 bridgehead atoms. The zero-order valence-electron chi connectivity index (χ0n) is 19.6. The number of carbonyl (C=O) groups is 1. The van der Waals surface area contributed by atoms with Crippen molar-refractivity contribution in [1.29, 1.82) is 0 Å². The maximum atomic E-state index is 11.6. The fourth-order valence-electron chi connectivity index (χ4n) is 9.04. The number of ether oxygens (including phenoxy) is 3. The summed E-state index contributed by atoms with van der Waals surface area (Å²) in [6, 6.07) is 10.6. The number of hydrogen-bond donors (Lipinski definition) is 0. The van der Waals surface area contributed by atoms with Gasteiger partial charge >= 0.3 is 5.97 Å². The second-order valence-corrected chi connectivity index (χ2v) is 11.7. The Kier molecular flexibility index (Phi) is 5.18. The molecule has 32 heavy (non-hydrogen) atoms. The molecular weight excluding hydrogens is 400 g/mol. The number of fused-ring (bicyclic) bond motifs is 4. The maximum absolute atomic E-state index is 11.6. The van der Waals surface area contributed by atoms with Crippen LogP contribution in [0, 0.1) is 34.5 Å². The van der Waals surface area contributed by atoms with Gasteiger partial charge in [-0.15, -0.1) is 0 Å². The molecule has 4 aliphatic carbocycles. The highest BCUT2D eigenvalue weighted by Crippen LogP contribution is 2.68. The van der Waals surface area contributed by atoms with Gasteiger partial charge in [0.1, 0.15) is 6.10 Å². The first-order valence-corrected chi connectivity index (χ1v) is 12.9. The van der Waals surface area contributed by atoms with E-state index in [1.165, 1.54) is 51.0 Å². The average Bonchev–Trinajstić information content (AvgIpc) is 3.33. The lowest BCUT2D eigenvalue weighted by molar-refractivity contribution is -0.161. The fraction of sp³-hybridized carbons (Fsp3) is 0.750. The first-order chi connectivity index (χ1) is 15.5. The number of rotatable bonds is 4. The lowest BCUT2D eigenvalue weighted by atomic mass is 9.45. The van der Waals surface area contributed by atoms with Crippen molar-refractivity contribution in [3.63, 3.8) is 0 Å². The summed E-state index contributed by atoms with van der Waals surface area (Å²) in [6.07, 6.45) is 10.3. The van der Waals surface area contributed by atoms with Crippen LogP contribution in [0.2, 0.25) is 0 Å². The van der Waals surface area contributed by atoms with Crippen LogP contribution in [0.1, 0.15) is 70.8 Å². The third-order valence-corrected chi connectivity index (χ3v) is 10.4. The van der Waals surface area contributed by atoms with Gasteiger partial charge in [0.05, 0.1) is 25.4 Å². The summed E-state index contributed by atoms with van der Waals surface area (Å²) in [5, 5.41) is 0. The number of carbonyl (C=O) groups excluding carboxylic acids is 1. The second kappa shape index (κ2) is 7.84. The van der Waals surface area contributed by atoms with E-state index >= 15 is 0 Å². The Morgan fingerprint density at radius 2 is 1.94 bits per heavy atom. The van der Waals surface area contributed by atoms with E-state index < -0.39 is 0 Å². The minimum Gasteiger partial charge on any atom is -0.460 e. The van der Waals surface area contributed by atoms with Crippen LogP contribution in [0.3, 0.4) is 0 Å². The molecule has 174 valence electrons. The predicted molar refractivity (Wildman–Crippen MR) is 122 cm³/mol. The van der Waals surface area contributed by atoms with E-state index in [1.807, 2.05) is 0 Å². The molecule has 9 atom stereocenters. The largest absolute Gasteiger partial charge is 0.460 e. The Balaban J connectivity index is 1.18. The first-order valence-electron chi connectivity index (χ1n) is 12.9. The van der Waals surface area contributed by atoms with Gasteiger partial charge in [-0.2, -0.15) is 0 Å². The monoisotopic (exact) mass is 438 g/mol. The van der Waals surface area contributed by atoms with Gasteiger partial charge in [0.15, 0.2) is 0 Å². The summed E-state index contributed by atoms with van der Waals surface area (Å²) in [6.45, 7) is 5.69. The third kappa shape index (κ3) is 3.20. The molecule has 0 amide bonds. The van der Waals surface area contributed by atoms with Gasteiger partial charge in [0, 0.05) is 12.3 Å². The summed E-state index contributed by atoms with van der Waals surface area (Å²) >= 11 is 0. The molecule has 1 heterocycles. The van der Waals surface area contributed by atoms with Gasteiger partial charge in [-0.1, -0.05) is 37.3 Å². The fourth-order valence-corrected chi connectivity index (χ4v) is 9.04. The van der Waals surface area contributed by atoms with Crippen molar-refractivity contribution in [2.24, 2.45) is 34.5 Å². The van der Waals surface area contributed by atoms with E-state index in [1.54, 1.807) is 0 Å². The van der Waals surface area contributed by atoms with Crippen molar-refractivity contribution in [2.75, 3.05) is 6.61 Å². The van der Waals surface area contributed by atoms with Crippen LogP contribution in [-0.4, -0.2) is 30.9 Å². The molecule has 0 unspecified atom stereocenters. The Morgan fingerprint density at radius 3 is 2.75 bits per heavy atom. The molecule has 6 rings (SSSR count). The summed E-state index contributed by atoms with van der Waals surface area (Å²) in [5.74, 6) is 2.86. The van der Waals surface area contributed by atoms with Gasteiger partial charge in [-0.3, -0.25) is 4.79 Å². The number of hydrogen-bond acceptors (Lipinski definition) is 4. The Hall–Kier alpha value is -1.39. The van der Waals surface area contributed by atoms with Crippen LogP contribution in [0.5, 0.6) is 0 Å². The van der Waals surface area contributed by atoms with Crippen molar-refractivity contribution >= 4 is 5.97 Å². The lowest BCUT2D eigenvalue weighted by Crippen LogP contribution is -2.56. The predicted octanol–water partition coefficient (Wildman–Crippen LogP) is 5.54. The van der Waals surface area contributed by atoms with Crippen LogP contribution in [0.4, 0.5) is 0 Å². The SMILES string of the molecule is CC(=O)O[C@@H]1C[C@@H]2CC[C@H]3[C@@H]4CC[C@H](OCc5ccccc5)[C@@]4(C)CC[C@@H]3[C@]23CO[C@H]1C3. The molecule has 4 heteroatoms. The van der Waals surface area contributed by atoms with Gasteiger partial charge in [0.2, 0.25) is 0 Å². The summed E-state index contributed by atoms with van der Waals surface area (Å²) < 4.78 is 18.6. The summed E-state index contributed by atoms with van der Waals surface area (Å²) in [4.78, 5) is 11.6. The molecule has 1 aromatic carbocycles. The summed E-state index contributed by atoms with van der Waals surface area (Å²) in [7, 11) is 0. The molecule has 1 aliphatic heterocycles. The van der Waals surface area contributed by atoms with Crippen molar-refractivity contribution in [3.8, 4) is 0 Å². The Labute approximate surface area is 192 Å². The minimum atomic E-state index is -0.160. The van der Waals surface area contributed by atoms with Crippen LogP contribution < -0.4 is 0 Å². The molecule has 0 radical (unpaired) electrons. The van der Waals surface area contributed by atoms with Crippen molar-refractivity contribution in [1.82, 2.24) is 0 Å².